The molecule has 2 fully saturated rings. The van der Waals surface area contributed by atoms with Crippen molar-refractivity contribution in [2.75, 3.05) is 26.2 Å². The van der Waals surface area contributed by atoms with Gasteiger partial charge in [-0.1, -0.05) is 12.5 Å². The lowest BCUT2D eigenvalue weighted by molar-refractivity contribution is 0.0819. The third-order valence-corrected chi connectivity index (χ3v) is 4.47. The number of hydrogen-bond donors (Lipinski definition) is 3. The SMILES string of the molecule is Cl.Cl.Oc1ccc([C@H](C2CCC2)N2CCNCC2)c(O)c1. The van der Waals surface area contributed by atoms with Gasteiger partial charge in [0.25, 0.3) is 0 Å². The summed E-state index contributed by atoms with van der Waals surface area (Å²) in [5.74, 6) is 1.01. The maximum atomic E-state index is 10.2. The van der Waals surface area contributed by atoms with Gasteiger partial charge in [0.15, 0.2) is 0 Å². The molecule has 6 heteroatoms. The third-order valence-electron chi connectivity index (χ3n) is 4.47. The Morgan fingerprint density at radius 2 is 1.76 bits per heavy atom. The van der Waals surface area contributed by atoms with Gasteiger partial charge in [-0.25, -0.2) is 0 Å². The normalized spacial score (nSPS) is 20.8. The zero-order valence-corrected chi connectivity index (χ0v) is 13.6. The van der Waals surface area contributed by atoms with E-state index < -0.39 is 0 Å². The fraction of sp³-hybridized carbons (Fsp3) is 0.600. The summed E-state index contributed by atoms with van der Waals surface area (Å²) < 4.78 is 0. The molecule has 1 saturated carbocycles. The van der Waals surface area contributed by atoms with Gasteiger partial charge in [0.1, 0.15) is 11.5 Å². The topological polar surface area (TPSA) is 55.7 Å². The lowest BCUT2D eigenvalue weighted by atomic mass is 9.76. The molecule has 21 heavy (non-hydrogen) atoms. The van der Waals surface area contributed by atoms with Crippen LogP contribution >= 0.6 is 24.8 Å². The number of phenolic OH excluding ortho intramolecular Hbond substituents is 2. The number of aromatic hydroxyl groups is 2. The van der Waals surface area contributed by atoms with Crippen LogP contribution in [0.1, 0.15) is 30.9 Å². The zero-order valence-electron chi connectivity index (χ0n) is 12.0. The van der Waals surface area contributed by atoms with Crippen molar-refractivity contribution in [3.05, 3.63) is 23.8 Å². The van der Waals surface area contributed by atoms with Gasteiger partial charge >= 0.3 is 0 Å². The van der Waals surface area contributed by atoms with Crippen LogP contribution in [0, 0.1) is 5.92 Å². The van der Waals surface area contributed by atoms with E-state index in [2.05, 4.69) is 10.2 Å². The van der Waals surface area contributed by atoms with E-state index in [9.17, 15) is 10.2 Å². The number of phenols is 2. The first-order valence-corrected chi connectivity index (χ1v) is 7.22. The van der Waals surface area contributed by atoms with E-state index in [1.165, 1.54) is 25.3 Å². The second-order valence-electron chi connectivity index (χ2n) is 5.66. The zero-order chi connectivity index (χ0) is 13.2. The van der Waals surface area contributed by atoms with Crippen LogP contribution in [-0.2, 0) is 0 Å². The van der Waals surface area contributed by atoms with Gasteiger partial charge in [0, 0.05) is 43.9 Å². The minimum atomic E-state index is 0. The number of halogens is 2. The minimum Gasteiger partial charge on any atom is -0.508 e. The molecule has 0 bridgehead atoms. The van der Waals surface area contributed by atoms with Crippen LogP contribution in [0.25, 0.3) is 0 Å². The largest absolute Gasteiger partial charge is 0.508 e. The third kappa shape index (κ3) is 3.95. The molecule has 1 heterocycles. The molecule has 3 N–H and O–H groups in total. The van der Waals surface area contributed by atoms with Crippen molar-refractivity contribution in [3.8, 4) is 11.5 Å². The monoisotopic (exact) mass is 334 g/mol. The number of nitrogens with one attached hydrogen (secondary N) is 1. The van der Waals surface area contributed by atoms with Crippen molar-refractivity contribution in [3.63, 3.8) is 0 Å². The highest BCUT2D eigenvalue weighted by molar-refractivity contribution is 5.85. The van der Waals surface area contributed by atoms with E-state index in [0.717, 1.165) is 31.7 Å². The summed E-state index contributed by atoms with van der Waals surface area (Å²) in [5.41, 5.74) is 0.976. The molecule has 1 aromatic rings. The Labute approximate surface area is 138 Å². The Morgan fingerprint density at radius 3 is 2.29 bits per heavy atom. The van der Waals surface area contributed by atoms with Crippen molar-refractivity contribution in [1.82, 2.24) is 10.2 Å². The second-order valence-corrected chi connectivity index (χ2v) is 5.66. The molecular weight excluding hydrogens is 311 g/mol. The van der Waals surface area contributed by atoms with Crippen LogP contribution < -0.4 is 5.32 Å². The standard InChI is InChI=1S/C15H22N2O2.2ClH/c18-12-4-5-13(14(19)10-12)15(11-2-1-3-11)17-8-6-16-7-9-17;;/h4-5,10-11,15-16,18-19H,1-3,6-9H2;2*1H/t15-;;/m0../s1. The van der Waals surface area contributed by atoms with Gasteiger partial charge < -0.3 is 15.5 Å². The van der Waals surface area contributed by atoms with Gasteiger partial charge in [-0.05, 0) is 24.8 Å². The average Bonchev–Trinajstić information content (AvgIpc) is 2.35. The molecule has 1 atom stereocenters. The Kier molecular flexibility index (Phi) is 7.07. The summed E-state index contributed by atoms with van der Waals surface area (Å²) in [6.07, 6.45) is 3.79. The van der Waals surface area contributed by atoms with Gasteiger partial charge in [-0.3, -0.25) is 4.90 Å². The summed E-state index contributed by atoms with van der Waals surface area (Å²) in [5, 5.41) is 23.0. The summed E-state index contributed by atoms with van der Waals surface area (Å²) in [7, 11) is 0. The molecule has 0 aromatic heterocycles. The van der Waals surface area contributed by atoms with E-state index in [1.54, 1.807) is 6.07 Å². The maximum absolute atomic E-state index is 10.2. The van der Waals surface area contributed by atoms with Crippen molar-refractivity contribution >= 4 is 24.8 Å². The quantitative estimate of drug-likeness (QED) is 0.795. The van der Waals surface area contributed by atoms with Crippen molar-refractivity contribution in [2.45, 2.75) is 25.3 Å². The first-order chi connectivity index (χ1) is 9.25. The van der Waals surface area contributed by atoms with Crippen LogP contribution in [-0.4, -0.2) is 41.3 Å². The molecule has 0 unspecified atom stereocenters. The summed E-state index contributed by atoms with van der Waals surface area (Å²) >= 11 is 0. The summed E-state index contributed by atoms with van der Waals surface area (Å²) in [6.45, 7) is 4.09. The highest BCUT2D eigenvalue weighted by Crippen LogP contribution is 2.44. The van der Waals surface area contributed by atoms with Crippen LogP contribution in [0.4, 0.5) is 0 Å². The van der Waals surface area contributed by atoms with Gasteiger partial charge in [0.2, 0.25) is 0 Å². The fourth-order valence-electron chi connectivity index (χ4n) is 3.25. The molecule has 0 spiro atoms. The van der Waals surface area contributed by atoms with E-state index >= 15 is 0 Å². The van der Waals surface area contributed by atoms with Crippen molar-refractivity contribution in [1.29, 1.82) is 0 Å². The highest BCUT2D eigenvalue weighted by Gasteiger charge is 2.34. The first-order valence-electron chi connectivity index (χ1n) is 7.22. The molecule has 1 aromatic carbocycles. The van der Waals surface area contributed by atoms with E-state index in [0.29, 0.717) is 12.0 Å². The summed E-state index contributed by atoms with van der Waals surface area (Å²) in [4.78, 5) is 2.48. The Bertz CT molecular complexity index is 449. The van der Waals surface area contributed by atoms with Crippen LogP contribution in [0.15, 0.2) is 18.2 Å². The molecular formula is C15H24Cl2N2O2. The minimum absolute atomic E-state index is 0. The van der Waals surface area contributed by atoms with Crippen LogP contribution in [0.2, 0.25) is 0 Å². The molecule has 3 rings (SSSR count). The molecule has 1 aliphatic carbocycles. The molecule has 120 valence electrons. The van der Waals surface area contributed by atoms with Crippen LogP contribution in [0.5, 0.6) is 11.5 Å². The fourth-order valence-corrected chi connectivity index (χ4v) is 3.25. The smallest absolute Gasteiger partial charge is 0.124 e. The Hall–Kier alpha value is -0.680. The second kappa shape index (κ2) is 8.08. The number of hydrogen-bond acceptors (Lipinski definition) is 4. The molecule has 4 nitrogen and oxygen atoms in total. The number of piperazine rings is 1. The van der Waals surface area contributed by atoms with Crippen molar-refractivity contribution in [2.24, 2.45) is 5.92 Å². The molecule has 0 radical (unpaired) electrons. The predicted octanol–water partition coefficient (Wildman–Crippen LogP) is 2.69. The van der Waals surface area contributed by atoms with Crippen molar-refractivity contribution < 1.29 is 10.2 Å². The number of benzene rings is 1. The van der Waals surface area contributed by atoms with E-state index in [-0.39, 0.29) is 36.3 Å². The lowest BCUT2D eigenvalue weighted by Crippen LogP contribution is -2.47. The highest BCUT2D eigenvalue weighted by atomic mass is 35.5. The molecule has 1 saturated heterocycles. The van der Waals surface area contributed by atoms with Gasteiger partial charge in [0.05, 0.1) is 0 Å². The molecule has 1 aliphatic heterocycles. The number of rotatable bonds is 3. The number of nitrogens with zero attached hydrogens (tertiary/aromatic N) is 1. The maximum Gasteiger partial charge on any atom is 0.124 e. The first kappa shape index (κ1) is 18.4. The molecule has 2 aliphatic rings. The van der Waals surface area contributed by atoms with Gasteiger partial charge in [-0.15, -0.1) is 24.8 Å². The Morgan fingerprint density at radius 1 is 1.10 bits per heavy atom. The van der Waals surface area contributed by atoms with Crippen LogP contribution in [0.3, 0.4) is 0 Å². The van der Waals surface area contributed by atoms with E-state index in [1.807, 2.05) is 6.07 Å². The predicted molar refractivity (Wildman–Crippen MR) is 88.8 cm³/mol. The summed E-state index contributed by atoms with van der Waals surface area (Å²) in [6, 6.07) is 5.33. The van der Waals surface area contributed by atoms with Gasteiger partial charge in [-0.2, -0.15) is 0 Å². The average molecular weight is 335 g/mol. The molecule has 0 amide bonds. The Balaban J connectivity index is 0.00000110. The lowest BCUT2D eigenvalue weighted by Gasteiger charge is -2.43. The van der Waals surface area contributed by atoms with E-state index in [4.69, 9.17) is 0 Å².